The van der Waals surface area contributed by atoms with Gasteiger partial charge in [0, 0.05) is 12.4 Å². The number of hydrogen-bond acceptors (Lipinski definition) is 8. The minimum Gasteiger partial charge on any atom is -0.328 e. The zero-order valence-corrected chi connectivity index (χ0v) is 14.6. The third-order valence-electron chi connectivity index (χ3n) is 2.97. The van der Waals surface area contributed by atoms with Gasteiger partial charge in [0.2, 0.25) is 17.0 Å². The van der Waals surface area contributed by atoms with Gasteiger partial charge in [-0.25, -0.2) is 14.4 Å². The van der Waals surface area contributed by atoms with E-state index in [-0.39, 0.29) is 17.7 Å². The van der Waals surface area contributed by atoms with E-state index in [2.05, 4.69) is 30.8 Å². The summed E-state index contributed by atoms with van der Waals surface area (Å²) < 4.78 is 14.2. The molecule has 25 heavy (non-hydrogen) atoms. The second-order valence-electron chi connectivity index (χ2n) is 4.80. The lowest BCUT2D eigenvalue weighted by atomic mass is 10.3. The third kappa shape index (κ3) is 4.70. The summed E-state index contributed by atoms with van der Waals surface area (Å²) in [5.74, 6) is -0.364. The van der Waals surface area contributed by atoms with E-state index in [4.69, 9.17) is 0 Å². The van der Waals surface area contributed by atoms with Crippen LogP contribution < -0.4 is 10.6 Å². The van der Waals surface area contributed by atoms with Gasteiger partial charge in [0.15, 0.2) is 4.34 Å². The van der Waals surface area contributed by atoms with E-state index < -0.39 is 5.25 Å². The maximum atomic E-state index is 13.6. The van der Waals surface area contributed by atoms with Crippen molar-refractivity contribution >= 4 is 45.8 Å². The highest BCUT2D eigenvalue weighted by Gasteiger charge is 2.18. The van der Waals surface area contributed by atoms with E-state index in [9.17, 15) is 9.18 Å². The second-order valence-corrected chi connectivity index (χ2v) is 7.37. The molecule has 3 rings (SSSR count). The van der Waals surface area contributed by atoms with Crippen LogP contribution in [0.4, 0.5) is 21.2 Å². The van der Waals surface area contributed by atoms with Crippen LogP contribution >= 0.6 is 23.1 Å². The summed E-state index contributed by atoms with van der Waals surface area (Å²) in [7, 11) is 0. The first-order valence-corrected chi connectivity index (χ1v) is 8.91. The van der Waals surface area contributed by atoms with Crippen molar-refractivity contribution in [2.45, 2.75) is 16.5 Å². The van der Waals surface area contributed by atoms with E-state index in [1.807, 2.05) is 0 Å². The van der Waals surface area contributed by atoms with Crippen LogP contribution in [0.3, 0.4) is 0 Å². The predicted octanol–water partition coefficient (Wildman–Crippen LogP) is 3.33. The Balaban J connectivity index is 1.59. The number of carbonyl (C=O) groups is 1. The molecule has 2 aromatic heterocycles. The summed E-state index contributed by atoms with van der Waals surface area (Å²) in [6, 6.07) is 7.97. The number of amides is 1. The minimum absolute atomic E-state index is 0.241. The normalized spacial score (nSPS) is 11.8. The van der Waals surface area contributed by atoms with Crippen molar-refractivity contribution in [1.82, 2.24) is 20.2 Å². The number of nitrogens with one attached hydrogen (secondary N) is 2. The van der Waals surface area contributed by atoms with Gasteiger partial charge < -0.3 is 5.32 Å². The van der Waals surface area contributed by atoms with Crippen molar-refractivity contribution < 1.29 is 9.18 Å². The molecule has 1 aromatic carbocycles. The minimum atomic E-state index is -0.418. The average Bonchev–Trinajstić information content (AvgIpc) is 3.05. The Bertz CT molecular complexity index is 860. The zero-order valence-electron chi connectivity index (χ0n) is 13.0. The van der Waals surface area contributed by atoms with E-state index in [0.29, 0.717) is 15.2 Å². The fraction of sp³-hybridized carbons (Fsp3) is 0.133. The van der Waals surface area contributed by atoms with Crippen LogP contribution in [-0.2, 0) is 4.79 Å². The number of benzene rings is 1. The lowest BCUT2D eigenvalue weighted by Crippen LogP contribution is -2.23. The molecule has 0 spiro atoms. The highest BCUT2D eigenvalue weighted by molar-refractivity contribution is 8.02. The van der Waals surface area contributed by atoms with Crippen molar-refractivity contribution in [3.05, 3.63) is 48.5 Å². The number of anilines is 3. The van der Waals surface area contributed by atoms with E-state index in [1.54, 1.807) is 43.6 Å². The summed E-state index contributed by atoms with van der Waals surface area (Å²) in [6.07, 6.45) is 3.09. The molecule has 128 valence electrons. The number of carbonyl (C=O) groups excluding carboxylic acids is 1. The fourth-order valence-corrected chi connectivity index (χ4v) is 3.67. The first-order chi connectivity index (χ1) is 12.1. The maximum absolute atomic E-state index is 13.6. The van der Waals surface area contributed by atoms with Crippen LogP contribution in [0.2, 0.25) is 0 Å². The smallest absolute Gasteiger partial charge is 0.240 e. The summed E-state index contributed by atoms with van der Waals surface area (Å²) in [5.41, 5.74) is 0.321. The SMILES string of the molecule is CC(Sc1nnc(Nc2ccccc2F)s1)C(=O)Nc1ncccn1. The Labute approximate surface area is 151 Å². The molecule has 1 atom stereocenters. The van der Waals surface area contributed by atoms with Gasteiger partial charge in [-0.3, -0.25) is 10.1 Å². The Morgan fingerprint density at radius 2 is 1.96 bits per heavy atom. The van der Waals surface area contributed by atoms with Crippen molar-refractivity contribution in [3.8, 4) is 0 Å². The molecule has 0 saturated heterocycles. The average molecular weight is 376 g/mol. The van der Waals surface area contributed by atoms with Gasteiger partial charge in [0.05, 0.1) is 10.9 Å². The molecule has 0 aliphatic heterocycles. The van der Waals surface area contributed by atoms with E-state index >= 15 is 0 Å². The summed E-state index contributed by atoms with van der Waals surface area (Å²) in [5, 5.41) is 13.5. The molecular formula is C15H13FN6OS2. The standard InChI is InChI=1S/C15H13FN6OS2/c1-9(12(23)20-13-17-7-4-8-18-13)24-15-22-21-14(25-15)19-11-6-3-2-5-10(11)16/h2-9H,1H3,(H,19,21)(H,17,18,20,23). The highest BCUT2D eigenvalue weighted by Crippen LogP contribution is 2.31. The Morgan fingerprint density at radius 3 is 2.72 bits per heavy atom. The molecule has 2 heterocycles. The molecular weight excluding hydrogens is 363 g/mol. The molecule has 0 saturated carbocycles. The number of hydrogen-bond donors (Lipinski definition) is 2. The lowest BCUT2D eigenvalue weighted by molar-refractivity contribution is -0.115. The maximum Gasteiger partial charge on any atom is 0.240 e. The molecule has 3 aromatic rings. The third-order valence-corrected chi connectivity index (χ3v) is 4.99. The van der Waals surface area contributed by atoms with Crippen LogP contribution in [-0.4, -0.2) is 31.3 Å². The van der Waals surface area contributed by atoms with Crippen LogP contribution in [0.5, 0.6) is 0 Å². The molecule has 0 bridgehead atoms. The first-order valence-electron chi connectivity index (χ1n) is 7.21. The van der Waals surface area contributed by atoms with Crippen LogP contribution in [0, 0.1) is 5.82 Å². The van der Waals surface area contributed by atoms with Crippen LogP contribution in [0.1, 0.15) is 6.92 Å². The van der Waals surface area contributed by atoms with Gasteiger partial charge in [0.1, 0.15) is 5.82 Å². The summed E-state index contributed by atoms with van der Waals surface area (Å²) in [4.78, 5) is 20.0. The van der Waals surface area contributed by atoms with Gasteiger partial charge in [-0.05, 0) is 25.1 Å². The Hall–Kier alpha value is -2.59. The molecule has 1 amide bonds. The lowest BCUT2D eigenvalue weighted by Gasteiger charge is -2.08. The predicted molar refractivity (Wildman–Crippen MR) is 95.6 cm³/mol. The number of thioether (sulfide) groups is 1. The van der Waals surface area contributed by atoms with E-state index in [0.717, 1.165) is 0 Å². The van der Waals surface area contributed by atoms with Gasteiger partial charge >= 0.3 is 0 Å². The van der Waals surface area contributed by atoms with E-state index in [1.165, 1.54) is 29.2 Å². The topological polar surface area (TPSA) is 92.7 Å². The van der Waals surface area contributed by atoms with Gasteiger partial charge in [-0.2, -0.15) is 0 Å². The largest absolute Gasteiger partial charge is 0.328 e. The molecule has 0 radical (unpaired) electrons. The van der Waals surface area contributed by atoms with Crippen LogP contribution in [0.15, 0.2) is 47.1 Å². The molecule has 0 fully saturated rings. The molecule has 2 N–H and O–H groups in total. The number of para-hydroxylation sites is 1. The zero-order chi connectivity index (χ0) is 17.6. The summed E-state index contributed by atoms with van der Waals surface area (Å²) >= 11 is 2.49. The van der Waals surface area contributed by atoms with Gasteiger partial charge in [-0.15, -0.1) is 10.2 Å². The van der Waals surface area contributed by atoms with Crippen molar-refractivity contribution in [2.24, 2.45) is 0 Å². The van der Waals surface area contributed by atoms with Crippen molar-refractivity contribution in [1.29, 1.82) is 0 Å². The van der Waals surface area contributed by atoms with Crippen LogP contribution in [0.25, 0.3) is 0 Å². The second kappa shape index (κ2) is 7.99. The number of aromatic nitrogens is 4. The molecule has 0 aliphatic rings. The van der Waals surface area contributed by atoms with Gasteiger partial charge in [-0.1, -0.05) is 35.2 Å². The molecule has 1 unspecified atom stereocenters. The fourth-order valence-electron chi connectivity index (χ4n) is 1.77. The number of rotatable bonds is 6. The monoisotopic (exact) mass is 376 g/mol. The molecule has 7 nitrogen and oxygen atoms in total. The van der Waals surface area contributed by atoms with Crippen molar-refractivity contribution in [2.75, 3.05) is 10.6 Å². The van der Waals surface area contributed by atoms with Gasteiger partial charge in [0.25, 0.3) is 0 Å². The highest BCUT2D eigenvalue weighted by atomic mass is 32.2. The number of halogens is 1. The molecule has 10 heteroatoms. The quantitative estimate of drug-likeness (QED) is 0.638. The first kappa shape index (κ1) is 17.2. The Kier molecular flexibility index (Phi) is 5.51. The Morgan fingerprint density at radius 1 is 1.20 bits per heavy atom. The van der Waals surface area contributed by atoms with Crippen molar-refractivity contribution in [3.63, 3.8) is 0 Å². The molecule has 0 aliphatic carbocycles. The summed E-state index contributed by atoms with van der Waals surface area (Å²) in [6.45, 7) is 1.74. The number of nitrogens with zero attached hydrogens (tertiary/aromatic N) is 4.